The van der Waals surface area contributed by atoms with E-state index in [4.69, 9.17) is 0 Å². The lowest BCUT2D eigenvalue weighted by molar-refractivity contribution is -0.384. The Morgan fingerprint density at radius 2 is 1.88 bits per heavy atom. The van der Waals surface area contributed by atoms with Crippen molar-refractivity contribution in [2.75, 3.05) is 6.26 Å². The monoisotopic (exact) mass is 253 g/mol. The zero-order valence-electron chi connectivity index (χ0n) is 10.1. The molecule has 0 radical (unpaired) electrons. The molecule has 92 valence electrons. The van der Waals surface area contributed by atoms with Gasteiger partial charge in [-0.1, -0.05) is 37.7 Å². The standard InChI is InChI=1S/C12H15NO3S/c1-12(2,11(14)17-3)8-9-4-6-10(7-5-9)13(15)16/h4-7H,8H2,1-3H3. The molecule has 0 saturated carbocycles. The van der Waals surface area contributed by atoms with Crippen LogP contribution in [-0.2, 0) is 11.2 Å². The molecule has 0 atom stereocenters. The Morgan fingerprint density at radius 1 is 1.35 bits per heavy atom. The Balaban J connectivity index is 2.82. The van der Waals surface area contributed by atoms with E-state index < -0.39 is 10.3 Å². The van der Waals surface area contributed by atoms with Crippen molar-refractivity contribution in [2.45, 2.75) is 20.3 Å². The Bertz CT molecular complexity index is 426. The fourth-order valence-corrected chi connectivity index (χ4v) is 2.22. The number of thioether (sulfide) groups is 1. The van der Waals surface area contributed by atoms with Gasteiger partial charge >= 0.3 is 0 Å². The summed E-state index contributed by atoms with van der Waals surface area (Å²) in [7, 11) is 0. The number of benzene rings is 1. The average Bonchev–Trinajstić information content (AvgIpc) is 2.28. The number of carbonyl (C=O) groups excluding carboxylic acids is 1. The van der Waals surface area contributed by atoms with Crippen molar-refractivity contribution in [1.82, 2.24) is 0 Å². The normalized spacial score (nSPS) is 11.2. The highest BCUT2D eigenvalue weighted by Crippen LogP contribution is 2.28. The van der Waals surface area contributed by atoms with Gasteiger partial charge in [0.25, 0.3) is 5.69 Å². The number of nitro groups is 1. The zero-order valence-corrected chi connectivity index (χ0v) is 10.9. The molecule has 4 nitrogen and oxygen atoms in total. The summed E-state index contributed by atoms with van der Waals surface area (Å²) in [5.74, 6) is 0. The molecular weight excluding hydrogens is 238 g/mol. The second-order valence-electron chi connectivity index (χ2n) is 4.48. The van der Waals surface area contributed by atoms with Crippen LogP contribution in [0.3, 0.4) is 0 Å². The lowest BCUT2D eigenvalue weighted by atomic mass is 9.87. The van der Waals surface area contributed by atoms with Crippen LogP contribution in [0.4, 0.5) is 5.69 Å². The Morgan fingerprint density at radius 3 is 2.29 bits per heavy atom. The minimum Gasteiger partial charge on any atom is -0.287 e. The number of rotatable bonds is 4. The van der Waals surface area contributed by atoms with Gasteiger partial charge < -0.3 is 0 Å². The van der Waals surface area contributed by atoms with Crippen LogP contribution < -0.4 is 0 Å². The first-order valence-electron chi connectivity index (χ1n) is 5.18. The van der Waals surface area contributed by atoms with Gasteiger partial charge in [-0.25, -0.2) is 0 Å². The van der Waals surface area contributed by atoms with E-state index >= 15 is 0 Å². The molecule has 0 aromatic heterocycles. The van der Waals surface area contributed by atoms with Gasteiger partial charge in [0.2, 0.25) is 0 Å². The topological polar surface area (TPSA) is 60.2 Å². The fourth-order valence-electron chi connectivity index (χ4n) is 1.59. The molecule has 0 amide bonds. The van der Waals surface area contributed by atoms with Gasteiger partial charge in [0.15, 0.2) is 5.12 Å². The molecule has 0 unspecified atom stereocenters. The van der Waals surface area contributed by atoms with E-state index in [0.717, 1.165) is 5.56 Å². The second kappa shape index (κ2) is 5.31. The van der Waals surface area contributed by atoms with Crippen LogP contribution in [0.25, 0.3) is 0 Å². The second-order valence-corrected chi connectivity index (χ2v) is 5.25. The summed E-state index contributed by atoms with van der Waals surface area (Å²) in [6, 6.07) is 6.34. The van der Waals surface area contributed by atoms with Gasteiger partial charge in [-0.3, -0.25) is 14.9 Å². The maximum atomic E-state index is 11.7. The molecule has 0 heterocycles. The summed E-state index contributed by atoms with van der Waals surface area (Å²) >= 11 is 1.21. The van der Waals surface area contributed by atoms with Crippen molar-refractivity contribution in [1.29, 1.82) is 0 Å². The maximum absolute atomic E-state index is 11.7. The van der Waals surface area contributed by atoms with Crippen molar-refractivity contribution < 1.29 is 9.72 Å². The van der Waals surface area contributed by atoms with Crippen LogP contribution in [0.15, 0.2) is 24.3 Å². The van der Waals surface area contributed by atoms with Crippen LogP contribution in [0.1, 0.15) is 19.4 Å². The van der Waals surface area contributed by atoms with Crippen LogP contribution in [0.5, 0.6) is 0 Å². The van der Waals surface area contributed by atoms with Crippen molar-refractivity contribution in [3.8, 4) is 0 Å². The fraction of sp³-hybridized carbons (Fsp3) is 0.417. The molecule has 0 aliphatic rings. The highest BCUT2D eigenvalue weighted by molar-refractivity contribution is 8.13. The zero-order chi connectivity index (χ0) is 13.1. The van der Waals surface area contributed by atoms with E-state index in [1.165, 1.54) is 23.9 Å². The molecular formula is C12H15NO3S. The van der Waals surface area contributed by atoms with Gasteiger partial charge in [0.05, 0.1) is 4.92 Å². The largest absolute Gasteiger partial charge is 0.287 e. The molecule has 0 bridgehead atoms. The van der Waals surface area contributed by atoms with Gasteiger partial charge in [0.1, 0.15) is 0 Å². The average molecular weight is 253 g/mol. The number of hydrogen-bond donors (Lipinski definition) is 0. The highest BCUT2D eigenvalue weighted by atomic mass is 32.2. The summed E-state index contributed by atoms with van der Waals surface area (Å²) in [4.78, 5) is 21.7. The predicted molar refractivity (Wildman–Crippen MR) is 69.1 cm³/mol. The molecule has 0 N–H and O–H groups in total. The lowest BCUT2D eigenvalue weighted by Crippen LogP contribution is -2.23. The molecule has 5 heteroatoms. The first-order valence-corrected chi connectivity index (χ1v) is 6.41. The Labute approximate surface area is 105 Å². The van der Waals surface area contributed by atoms with Crippen LogP contribution >= 0.6 is 11.8 Å². The third kappa shape index (κ3) is 3.56. The van der Waals surface area contributed by atoms with E-state index in [0.29, 0.717) is 6.42 Å². The summed E-state index contributed by atoms with van der Waals surface area (Å²) in [6.45, 7) is 3.76. The Hall–Kier alpha value is -1.36. The van der Waals surface area contributed by atoms with Crippen LogP contribution in [-0.4, -0.2) is 16.3 Å². The molecule has 1 aromatic carbocycles. The minimum absolute atomic E-state index is 0.0720. The van der Waals surface area contributed by atoms with Gasteiger partial charge in [0, 0.05) is 17.5 Å². The predicted octanol–water partition coefficient (Wildman–Crippen LogP) is 3.05. The molecule has 0 saturated heterocycles. The number of nitro benzene ring substituents is 1. The maximum Gasteiger partial charge on any atom is 0.269 e. The van der Waals surface area contributed by atoms with Crippen molar-refractivity contribution in [3.05, 3.63) is 39.9 Å². The number of carbonyl (C=O) groups is 1. The number of nitrogens with zero attached hydrogens (tertiary/aromatic N) is 1. The SMILES string of the molecule is CSC(=O)C(C)(C)Cc1ccc([N+](=O)[O-])cc1. The van der Waals surface area contributed by atoms with Gasteiger partial charge in [-0.05, 0) is 18.2 Å². The lowest BCUT2D eigenvalue weighted by Gasteiger charge is -2.21. The summed E-state index contributed by atoms with van der Waals surface area (Å²) in [5.41, 5.74) is 0.556. The van der Waals surface area contributed by atoms with Gasteiger partial charge in [-0.15, -0.1) is 0 Å². The molecule has 1 rings (SSSR count). The molecule has 0 aliphatic carbocycles. The quantitative estimate of drug-likeness (QED) is 0.611. The van der Waals surface area contributed by atoms with Crippen molar-refractivity contribution in [2.24, 2.45) is 5.41 Å². The molecule has 0 aliphatic heterocycles. The third-order valence-electron chi connectivity index (χ3n) is 2.53. The molecule has 1 aromatic rings. The third-order valence-corrected chi connectivity index (χ3v) is 3.45. The van der Waals surface area contributed by atoms with Crippen LogP contribution in [0.2, 0.25) is 0 Å². The highest BCUT2D eigenvalue weighted by Gasteiger charge is 2.27. The smallest absolute Gasteiger partial charge is 0.269 e. The first kappa shape index (κ1) is 13.7. The van der Waals surface area contributed by atoms with E-state index in [1.54, 1.807) is 18.4 Å². The molecule has 0 spiro atoms. The number of non-ortho nitro benzene ring substituents is 1. The van der Waals surface area contributed by atoms with Crippen molar-refractivity contribution >= 4 is 22.6 Å². The number of hydrogen-bond acceptors (Lipinski definition) is 4. The van der Waals surface area contributed by atoms with E-state index in [9.17, 15) is 14.9 Å². The van der Waals surface area contributed by atoms with E-state index in [1.807, 2.05) is 13.8 Å². The Kier molecular flexibility index (Phi) is 4.28. The summed E-state index contributed by atoms with van der Waals surface area (Å²) in [6.07, 6.45) is 2.35. The van der Waals surface area contributed by atoms with E-state index in [-0.39, 0.29) is 10.8 Å². The van der Waals surface area contributed by atoms with Crippen molar-refractivity contribution in [3.63, 3.8) is 0 Å². The van der Waals surface area contributed by atoms with Crippen LogP contribution in [0, 0.1) is 15.5 Å². The molecule has 17 heavy (non-hydrogen) atoms. The summed E-state index contributed by atoms with van der Waals surface area (Å²) in [5, 5.41) is 10.6. The van der Waals surface area contributed by atoms with Gasteiger partial charge in [-0.2, -0.15) is 0 Å². The minimum atomic E-state index is -0.449. The van der Waals surface area contributed by atoms with E-state index in [2.05, 4.69) is 0 Å². The summed E-state index contributed by atoms with van der Waals surface area (Å²) < 4.78 is 0. The first-order chi connectivity index (χ1) is 7.86. The molecule has 0 fully saturated rings.